The van der Waals surface area contributed by atoms with Crippen molar-refractivity contribution in [2.24, 2.45) is 0 Å². The molecule has 8 nitrogen and oxygen atoms in total. The number of carbonyl (C=O) groups excluding carboxylic acids is 1. The van der Waals surface area contributed by atoms with Crippen molar-refractivity contribution in [1.82, 2.24) is 20.3 Å². The van der Waals surface area contributed by atoms with E-state index in [1.165, 1.54) is 0 Å². The zero-order valence-electron chi connectivity index (χ0n) is 12.8. The lowest BCUT2D eigenvalue weighted by atomic mass is 10.2. The lowest BCUT2D eigenvalue weighted by molar-refractivity contribution is 0.0736. The number of rotatable bonds is 3. The molecule has 0 saturated carbocycles. The van der Waals surface area contributed by atoms with E-state index in [9.17, 15) is 4.79 Å². The number of amides is 1. The molecule has 0 bridgehead atoms. The minimum absolute atomic E-state index is 0.143. The molecule has 0 atom stereocenters. The number of hydrogen-bond donors (Lipinski definition) is 0. The molecular weight excluding hydrogens is 310 g/mol. The summed E-state index contributed by atoms with van der Waals surface area (Å²) in [4.78, 5) is 16.4. The van der Waals surface area contributed by atoms with Crippen LogP contribution >= 0.6 is 0 Å². The predicted octanol–water partition coefficient (Wildman–Crippen LogP) is 1.69. The van der Waals surface area contributed by atoms with Crippen LogP contribution in [0.5, 0.6) is 0 Å². The van der Waals surface area contributed by atoms with Crippen molar-refractivity contribution in [3.63, 3.8) is 0 Å². The van der Waals surface area contributed by atoms with E-state index in [0.717, 1.165) is 5.82 Å². The summed E-state index contributed by atoms with van der Waals surface area (Å²) >= 11 is 0. The standard InChI is InChI=1S/C16H15N5O3/c22-16(12-11-14(24-19-12)13-3-2-10-23-13)21-8-6-20(7-9-21)15-4-1-5-17-18-15/h1-5,10-11H,6-9H2. The highest BCUT2D eigenvalue weighted by Gasteiger charge is 2.25. The maximum atomic E-state index is 12.6. The van der Waals surface area contributed by atoms with Gasteiger partial charge in [0, 0.05) is 38.4 Å². The van der Waals surface area contributed by atoms with Gasteiger partial charge < -0.3 is 18.7 Å². The Morgan fingerprint density at radius 1 is 1.08 bits per heavy atom. The molecule has 0 aromatic carbocycles. The molecule has 0 aliphatic carbocycles. The van der Waals surface area contributed by atoms with Crippen molar-refractivity contribution in [3.05, 3.63) is 48.5 Å². The fourth-order valence-electron chi connectivity index (χ4n) is 2.67. The van der Waals surface area contributed by atoms with Crippen molar-refractivity contribution < 1.29 is 13.7 Å². The van der Waals surface area contributed by atoms with Crippen LogP contribution in [0.2, 0.25) is 0 Å². The van der Waals surface area contributed by atoms with Gasteiger partial charge in [0.05, 0.1) is 6.26 Å². The number of piperazine rings is 1. The summed E-state index contributed by atoms with van der Waals surface area (Å²) < 4.78 is 10.4. The van der Waals surface area contributed by atoms with E-state index in [1.807, 2.05) is 12.1 Å². The van der Waals surface area contributed by atoms with Crippen molar-refractivity contribution in [2.75, 3.05) is 31.1 Å². The average Bonchev–Trinajstić information content (AvgIpc) is 3.33. The van der Waals surface area contributed by atoms with Gasteiger partial charge in [0.15, 0.2) is 17.3 Å². The largest absolute Gasteiger partial charge is 0.461 e. The van der Waals surface area contributed by atoms with Crippen LogP contribution in [0.4, 0.5) is 5.82 Å². The maximum absolute atomic E-state index is 12.6. The van der Waals surface area contributed by atoms with Crippen LogP contribution in [0.3, 0.4) is 0 Å². The van der Waals surface area contributed by atoms with Gasteiger partial charge >= 0.3 is 0 Å². The summed E-state index contributed by atoms with van der Waals surface area (Å²) in [5.41, 5.74) is 0.286. The molecule has 1 aliphatic heterocycles. The van der Waals surface area contributed by atoms with E-state index in [0.29, 0.717) is 37.7 Å². The molecule has 0 radical (unpaired) electrons. The smallest absolute Gasteiger partial charge is 0.276 e. The number of nitrogens with zero attached hydrogens (tertiary/aromatic N) is 5. The van der Waals surface area contributed by atoms with Gasteiger partial charge in [0.25, 0.3) is 5.91 Å². The fraction of sp³-hybridized carbons (Fsp3) is 0.250. The number of carbonyl (C=O) groups is 1. The molecule has 8 heteroatoms. The maximum Gasteiger partial charge on any atom is 0.276 e. The summed E-state index contributed by atoms with van der Waals surface area (Å²) in [6.45, 7) is 2.59. The second-order valence-corrected chi connectivity index (χ2v) is 5.41. The van der Waals surface area contributed by atoms with Crippen LogP contribution in [-0.4, -0.2) is 52.3 Å². The Morgan fingerprint density at radius 3 is 2.67 bits per heavy atom. The van der Waals surface area contributed by atoms with Crippen molar-refractivity contribution in [2.45, 2.75) is 0 Å². The molecule has 1 aliphatic rings. The molecule has 3 aromatic rings. The van der Waals surface area contributed by atoms with Gasteiger partial charge in [-0.2, -0.15) is 5.10 Å². The third kappa shape index (κ3) is 2.73. The monoisotopic (exact) mass is 325 g/mol. The molecular formula is C16H15N5O3. The first kappa shape index (κ1) is 14.4. The Balaban J connectivity index is 1.41. The lowest BCUT2D eigenvalue weighted by Gasteiger charge is -2.34. The van der Waals surface area contributed by atoms with Crippen molar-refractivity contribution in [3.8, 4) is 11.5 Å². The van der Waals surface area contributed by atoms with E-state index in [4.69, 9.17) is 8.94 Å². The van der Waals surface area contributed by atoms with Gasteiger partial charge in [-0.15, -0.1) is 5.10 Å². The van der Waals surface area contributed by atoms with E-state index in [2.05, 4.69) is 20.3 Å². The summed E-state index contributed by atoms with van der Waals surface area (Å²) in [5.74, 6) is 1.68. The molecule has 1 fully saturated rings. The molecule has 4 rings (SSSR count). The molecule has 24 heavy (non-hydrogen) atoms. The van der Waals surface area contributed by atoms with Gasteiger partial charge in [-0.25, -0.2) is 0 Å². The van der Waals surface area contributed by atoms with E-state index in [1.54, 1.807) is 35.6 Å². The molecule has 3 aromatic heterocycles. The normalized spacial score (nSPS) is 14.8. The Kier molecular flexibility index (Phi) is 3.70. The van der Waals surface area contributed by atoms with Crippen LogP contribution in [-0.2, 0) is 0 Å². The first-order valence-corrected chi connectivity index (χ1v) is 7.64. The first-order valence-electron chi connectivity index (χ1n) is 7.64. The lowest BCUT2D eigenvalue weighted by Crippen LogP contribution is -2.49. The van der Waals surface area contributed by atoms with Crippen LogP contribution in [0, 0.1) is 0 Å². The van der Waals surface area contributed by atoms with Crippen LogP contribution < -0.4 is 4.90 Å². The Morgan fingerprint density at radius 2 is 1.96 bits per heavy atom. The third-order valence-corrected chi connectivity index (χ3v) is 3.94. The van der Waals surface area contributed by atoms with Crippen LogP contribution in [0.25, 0.3) is 11.5 Å². The van der Waals surface area contributed by atoms with Gasteiger partial charge in [-0.05, 0) is 24.3 Å². The van der Waals surface area contributed by atoms with Gasteiger partial charge in [0.2, 0.25) is 5.76 Å². The molecule has 0 unspecified atom stereocenters. The molecule has 0 N–H and O–H groups in total. The van der Waals surface area contributed by atoms with Crippen LogP contribution in [0.1, 0.15) is 10.5 Å². The highest BCUT2D eigenvalue weighted by Crippen LogP contribution is 2.21. The molecule has 1 saturated heterocycles. The second-order valence-electron chi connectivity index (χ2n) is 5.41. The Bertz CT molecular complexity index is 807. The van der Waals surface area contributed by atoms with E-state index >= 15 is 0 Å². The van der Waals surface area contributed by atoms with Gasteiger partial charge in [-0.3, -0.25) is 4.79 Å². The summed E-state index contributed by atoms with van der Waals surface area (Å²) in [5, 5.41) is 11.8. The number of hydrogen-bond acceptors (Lipinski definition) is 7. The zero-order chi connectivity index (χ0) is 16.4. The van der Waals surface area contributed by atoms with Gasteiger partial charge in [0.1, 0.15) is 0 Å². The first-order chi connectivity index (χ1) is 11.8. The van der Waals surface area contributed by atoms with Crippen molar-refractivity contribution in [1.29, 1.82) is 0 Å². The Labute approximate surface area is 137 Å². The molecule has 0 spiro atoms. The van der Waals surface area contributed by atoms with Crippen LogP contribution in [0.15, 0.2) is 51.7 Å². The quantitative estimate of drug-likeness (QED) is 0.724. The summed E-state index contributed by atoms with van der Waals surface area (Å²) in [6.07, 6.45) is 3.19. The minimum Gasteiger partial charge on any atom is -0.461 e. The summed E-state index contributed by atoms with van der Waals surface area (Å²) in [7, 11) is 0. The summed E-state index contributed by atoms with van der Waals surface area (Å²) in [6, 6.07) is 8.89. The number of furan rings is 1. The highest BCUT2D eigenvalue weighted by molar-refractivity contribution is 5.93. The predicted molar refractivity (Wildman–Crippen MR) is 84.4 cm³/mol. The van der Waals surface area contributed by atoms with E-state index in [-0.39, 0.29) is 11.6 Å². The third-order valence-electron chi connectivity index (χ3n) is 3.94. The molecule has 122 valence electrons. The number of anilines is 1. The zero-order valence-corrected chi connectivity index (χ0v) is 12.8. The SMILES string of the molecule is O=C(c1cc(-c2ccco2)on1)N1CCN(c2cccnn2)CC1. The average molecular weight is 325 g/mol. The number of aromatic nitrogens is 3. The fourth-order valence-corrected chi connectivity index (χ4v) is 2.67. The Hall–Kier alpha value is -3.16. The van der Waals surface area contributed by atoms with Gasteiger partial charge in [-0.1, -0.05) is 5.16 Å². The highest BCUT2D eigenvalue weighted by atomic mass is 16.5. The minimum atomic E-state index is -0.143. The second kappa shape index (κ2) is 6.15. The molecule has 4 heterocycles. The van der Waals surface area contributed by atoms with E-state index < -0.39 is 0 Å². The van der Waals surface area contributed by atoms with Crippen molar-refractivity contribution >= 4 is 11.7 Å². The molecule has 1 amide bonds. The topological polar surface area (TPSA) is 88.5 Å².